The van der Waals surface area contributed by atoms with Gasteiger partial charge < -0.3 is 16.0 Å². The van der Waals surface area contributed by atoms with Crippen molar-refractivity contribution in [3.8, 4) is 11.1 Å². The van der Waals surface area contributed by atoms with Gasteiger partial charge in [0.1, 0.15) is 0 Å². The number of halogens is 3. The van der Waals surface area contributed by atoms with Crippen molar-refractivity contribution in [1.82, 2.24) is 4.98 Å². The molecule has 142 valence electrons. The van der Waals surface area contributed by atoms with Crippen LogP contribution in [0.3, 0.4) is 0 Å². The van der Waals surface area contributed by atoms with Crippen LogP contribution in [0.15, 0.2) is 53.5 Å². The number of nitrogens with two attached hydrogens (primary N) is 1. The molecule has 0 radical (unpaired) electrons. The van der Waals surface area contributed by atoms with Crippen molar-refractivity contribution in [2.45, 2.75) is 0 Å². The second kappa shape index (κ2) is 7.92. The predicted octanol–water partition coefficient (Wildman–Crippen LogP) is 6.35. The van der Waals surface area contributed by atoms with Crippen LogP contribution in [0.25, 0.3) is 32.9 Å². The van der Waals surface area contributed by atoms with Crippen LogP contribution in [0.4, 0.5) is 5.69 Å². The molecule has 28 heavy (non-hydrogen) atoms. The molecule has 4 N–H and O–H groups in total. The molecule has 0 amide bonds. The molecule has 0 spiro atoms. The van der Waals surface area contributed by atoms with Gasteiger partial charge in [-0.05, 0) is 48.0 Å². The van der Waals surface area contributed by atoms with Gasteiger partial charge in [-0.15, -0.1) is 0 Å². The molecule has 3 aromatic carbocycles. The van der Waals surface area contributed by atoms with E-state index in [4.69, 9.17) is 40.5 Å². The molecule has 0 bridgehead atoms. The van der Waals surface area contributed by atoms with E-state index in [-0.39, 0.29) is 0 Å². The summed E-state index contributed by atoms with van der Waals surface area (Å²) < 4.78 is 0. The maximum Gasteiger partial charge on any atom is 0.0798 e. The lowest BCUT2D eigenvalue weighted by Crippen LogP contribution is -2.07. The van der Waals surface area contributed by atoms with E-state index in [1.54, 1.807) is 6.07 Å². The lowest BCUT2D eigenvalue weighted by Gasteiger charge is -2.13. The smallest absolute Gasteiger partial charge is 0.0798 e. The lowest BCUT2D eigenvalue weighted by atomic mass is 10.0. The van der Waals surface area contributed by atoms with Gasteiger partial charge in [-0.3, -0.25) is 4.99 Å². The van der Waals surface area contributed by atoms with Gasteiger partial charge in [-0.1, -0.05) is 40.9 Å². The summed E-state index contributed by atoms with van der Waals surface area (Å²) in [7, 11) is 0. The summed E-state index contributed by atoms with van der Waals surface area (Å²) in [5.74, 6) is 0. The second-order valence-corrected chi connectivity index (χ2v) is 7.62. The van der Waals surface area contributed by atoms with E-state index in [0.717, 1.165) is 38.6 Å². The topological polar surface area (TPSA) is 66.2 Å². The van der Waals surface area contributed by atoms with E-state index < -0.39 is 0 Å². The fraction of sp³-hybridized carbons (Fsp3) is 0.0952. The summed E-state index contributed by atoms with van der Waals surface area (Å²) in [5, 5.41) is 7.34. The summed E-state index contributed by atoms with van der Waals surface area (Å²) in [6, 6.07) is 15.7. The van der Waals surface area contributed by atoms with Crippen LogP contribution in [0.1, 0.15) is 0 Å². The minimum atomic E-state index is 0.514. The first-order valence-electron chi connectivity index (χ1n) is 8.71. The Hall–Kier alpha value is -2.40. The van der Waals surface area contributed by atoms with Crippen LogP contribution in [-0.4, -0.2) is 24.4 Å². The monoisotopic (exact) mass is 430 g/mol. The van der Waals surface area contributed by atoms with Crippen LogP contribution >= 0.6 is 34.8 Å². The van der Waals surface area contributed by atoms with Crippen molar-refractivity contribution in [1.29, 1.82) is 0 Å². The number of aliphatic imine (C=N–C) groups is 1. The van der Waals surface area contributed by atoms with Crippen LogP contribution in [0.5, 0.6) is 0 Å². The number of hydrogen-bond acceptors (Lipinski definition) is 2. The molecule has 0 aliphatic carbocycles. The first-order valence-corrected chi connectivity index (χ1v) is 9.84. The largest absolute Gasteiger partial charge is 0.390 e. The number of nitrogens with one attached hydrogen (secondary N) is 2. The molecular formula is C21H17Cl3N4. The molecule has 4 aromatic rings. The van der Waals surface area contributed by atoms with Gasteiger partial charge in [0.25, 0.3) is 0 Å². The van der Waals surface area contributed by atoms with Crippen LogP contribution in [0.2, 0.25) is 15.1 Å². The number of nitrogens with zero attached hydrogens (tertiary/aromatic N) is 1. The summed E-state index contributed by atoms with van der Waals surface area (Å²) in [5.41, 5.74) is 10.3. The van der Waals surface area contributed by atoms with Crippen molar-refractivity contribution in [3.63, 3.8) is 0 Å². The second-order valence-electron chi connectivity index (χ2n) is 6.37. The molecule has 1 aromatic heterocycles. The number of H-pyrrole nitrogens is 1. The van der Waals surface area contributed by atoms with E-state index in [1.165, 1.54) is 6.34 Å². The number of hydrogen-bond donors (Lipinski definition) is 3. The first kappa shape index (κ1) is 18.9. The van der Waals surface area contributed by atoms with Gasteiger partial charge in [-0.25, -0.2) is 0 Å². The van der Waals surface area contributed by atoms with Crippen molar-refractivity contribution in [3.05, 3.63) is 63.6 Å². The quantitative estimate of drug-likeness (QED) is 0.196. The van der Waals surface area contributed by atoms with Gasteiger partial charge in [0, 0.05) is 44.6 Å². The average Bonchev–Trinajstić information content (AvgIpc) is 3.03. The van der Waals surface area contributed by atoms with Crippen LogP contribution in [0, 0.1) is 0 Å². The zero-order valence-electron chi connectivity index (χ0n) is 14.8. The number of aromatic amines is 1. The predicted molar refractivity (Wildman–Crippen MR) is 122 cm³/mol. The van der Waals surface area contributed by atoms with Crippen molar-refractivity contribution >= 4 is 68.6 Å². The molecule has 0 unspecified atom stereocenters. The highest BCUT2D eigenvalue weighted by molar-refractivity contribution is 6.42. The third-order valence-corrected chi connectivity index (χ3v) is 5.57. The Kier molecular flexibility index (Phi) is 5.36. The van der Waals surface area contributed by atoms with Crippen molar-refractivity contribution in [2.24, 2.45) is 10.7 Å². The lowest BCUT2D eigenvalue weighted by molar-refractivity contribution is 1.03. The zero-order valence-corrected chi connectivity index (χ0v) is 17.0. The number of aromatic nitrogens is 1. The Bertz CT molecular complexity index is 1200. The van der Waals surface area contributed by atoms with Gasteiger partial charge in [0.05, 0.1) is 22.9 Å². The van der Waals surface area contributed by atoms with Gasteiger partial charge in [0.15, 0.2) is 0 Å². The fourth-order valence-electron chi connectivity index (χ4n) is 3.30. The van der Waals surface area contributed by atoms with Crippen LogP contribution < -0.4 is 11.1 Å². The molecule has 0 fully saturated rings. The molecule has 0 atom stereocenters. The highest BCUT2D eigenvalue weighted by Gasteiger charge is 2.13. The summed E-state index contributed by atoms with van der Waals surface area (Å²) in [6.07, 6.45) is 1.31. The molecule has 0 aliphatic rings. The van der Waals surface area contributed by atoms with E-state index in [9.17, 15) is 0 Å². The number of benzene rings is 3. The van der Waals surface area contributed by atoms with Gasteiger partial charge in [0.2, 0.25) is 0 Å². The molecule has 7 heteroatoms. The van der Waals surface area contributed by atoms with Crippen molar-refractivity contribution < 1.29 is 0 Å². The van der Waals surface area contributed by atoms with E-state index >= 15 is 0 Å². The Balaban J connectivity index is 1.90. The molecule has 0 aliphatic heterocycles. The molecule has 1 heterocycles. The molecule has 4 nitrogen and oxygen atoms in total. The molecule has 0 saturated carbocycles. The maximum atomic E-state index is 6.27. The summed E-state index contributed by atoms with van der Waals surface area (Å²) >= 11 is 18.6. The average molecular weight is 432 g/mol. The minimum Gasteiger partial charge on any atom is -0.390 e. The highest BCUT2D eigenvalue weighted by Crippen LogP contribution is 2.38. The maximum absolute atomic E-state index is 6.27. The van der Waals surface area contributed by atoms with Crippen molar-refractivity contribution in [2.75, 3.05) is 18.4 Å². The Morgan fingerprint density at radius 3 is 2.54 bits per heavy atom. The Morgan fingerprint density at radius 1 is 0.929 bits per heavy atom. The summed E-state index contributed by atoms with van der Waals surface area (Å²) in [6.45, 7) is 1.23. The molecule has 4 rings (SSSR count). The Labute approximate surface area is 177 Å². The first-order chi connectivity index (χ1) is 13.6. The molecule has 0 saturated heterocycles. The van der Waals surface area contributed by atoms with E-state index in [0.29, 0.717) is 28.2 Å². The molecular weight excluding hydrogens is 415 g/mol. The third kappa shape index (κ3) is 3.63. The summed E-state index contributed by atoms with van der Waals surface area (Å²) in [4.78, 5) is 7.50. The van der Waals surface area contributed by atoms with E-state index in [1.807, 2.05) is 30.3 Å². The van der Waals surface area contributed by atoms with Gasteiger partial charge in [-0.2, -0.15) is 0 Å². The fourth-order valence-corrected chi connectivity index (χ4v) is 3.77. The van der Waals surface area contributed by atoms with Crippen LogP contribution in [-0.2, 0) is 0 Å². The SMILES string of the molecule is NC=NCCNc1cc2[nH]c3ccc(Cl)cc3c2cc1-c1ccc(Cl)c(Cl)c1. The van der Waals surface area contributed by atoms with E-state index in [2.05, 4.69) is 27.4 Å². The number of anilines is 1. The number of fused-ring (bicyclic) bond motifs is 3. The highest BCUT2D eigenvalue weighted by atomic mass is 35.5. The standard InChI is InChI=1S/C21H17Cl3N4/c22-13-2-4-19-15(8-13)16-9-14(12-1-3-17(23)18(24)7-12)20(10-21(16)28-19)27-6-5-26-11-25/h1-4,7-11,27-28H,5-6H2,(H2,25,26). The zero-order chi connectivity index (χ0) is 19.7. The minimum absolute atomic E-state index is 0.514. The van der Waals surface area contributed by atoms with Gasteiger partial charge >= 0.3 is 0 Å². The third-order valence-electron chi connectivity index (χ3n) is 4.59. The normalized spacial score (nSPS) is 11.7. The Morgan fingerprint density at radius 2 is 1.75 bits per heavy atom. The number of rotatable bonds is 5.